The summed E-state index contributed by atoms with van der Waals surface area (Å²) in [6, 6.07) is 0. The fraction of sp³-hybridized carbons (Fsp3) is 0.850. The lowest BCUT2D eigenvalue weighted by Crippen LogP contribution is -2.34. The van der Waals surface area contributed by atoms with E-state index in [1.807, 2.05) is 10.8 Å². The summed E-state index contributed by atoms with van der Waals surface area (Å²) in [5, 5.41) is 0.0970. The summed E-state index contributed by atoms with van der Waals surface area (Å²) in [6.07, 6.45) is 11.2. The molecule has 0 radical (unpaired) electrons. The zero-order valence-corrected chi connectivity index (χ0v) is 17.3. The monoisotopic (exact) mass is 381 g/mol. The third-order valence-corrected chi connectivity index (χ3v) is 8.19. The summed E-state index contributed by atoms with van der Waals surface area (Å²) in [7, 11) is -3.32. The zero-order valence-electron chi connectivity index (χ0n) is 16.5. The molecule has 2 aliphatic rings. The first-order valence-electron chi connectivity index (χ1n) is 10.5. The van der Waals surface area contributed by atoms with Crippen molar-refractivity contribution in [1.82, 2.24) is 14.5 Å². The molecule has 3 rings (SSSR count). The number of aromatic nitrogens is 2. The molecule has 1 aromatic heterocycles. The second-order valence-corrected chi connectivity index (χ2v) is 10.4. The minimum Gasteiger partial charge on any atom is -0.318 e. The van der Waals surface area contributed by atoms with Crippen molar-refractivity contribution in [2.75, 3.05) is 13.1 Å². The van der Waals surface area contributed by atoms with Crippen molar-refractivity contribution >= 4 is 9.84 Å². The molecule has 2 fully saturated rings. The van der Waals surface area contributed by atoms with Crippen molar-refractivity contribution in [3.63, 3.8) is 0 Å². The van der Waals surface area contributed by atoms with Crippen LogP contribution in [-0.4, -0.2) is 41.2 Å². The summed E-state index contributed by atoms with van der Waals surface area (Å²) >= 11 is 0. The second-order valence-electron chi connectivity index (χ2n) is 8.32. The lowest BCUT2D eigenvalue weighted by molar-refractivity contribution is 0.172. The lowest BCUT2D eigenvalue weighted by Gasteiger charge is -2.31. The Bertz CT molecular complexity index is 677. The fourth-order valence-electron chi connectivity index (χ4n) is 4.48. The molecule has 1 atom stereocenters. The Hall–Kier alpha value is -0.880. The van der Waals surface area contributed by atoms with Crippen LogP contribution >= 0.6 is 0 Å². The number of imidazole rings is 1. The quantitative estimate of drug-likeness (QED) is 0.716. The predicted octanol–water partition coefficient (Wildman–Crippen LogP) is 4.02. The standard InChI is InChI=1S/C20H35N3O2S/c1-3-4-13-23-18(16-22-12-8-9-17(2)15-22)14-21-20(23)26(24,25)19-10-6-5-7-11-19/h14,17,19H,3-13,15-16H2,1-2H3. The van der Waals surface area contributed by atoms with Crippen LogP contribution in [0.2, 0.25) is 0 Å². The number of piperidine rings is 1. The Morgan fingerprint density at radius 2 is 1.92 bits per heavy atom. The van der Waals surface area contributed by atoms with E-state index in [4.69, 9.17) is 0 Å². The summed E-state index contributed by atoms with van der Waals surface area (Å²) in [4.78, 5) is 6.91. The highest BCUT2D eigenvalue weighted by Crippen LogP contribution is 2.29. The van der Waals surface area contributed by atoms with Crippen molar-refractivity contribution in [3.8, 4) is 0 Å². The van der Waals surface area contributed by atoms with Gasteiger partial charge >= 0.3 is 0 Å². The zero-order chi connectivity index (χ0) is 18.6. The Labute approximate surface area is 159 Å². The number of hydrogen-bond donors (Lipinski definition) is 0. The first kappa shape index (κ1) is 19.9. The highest BCUT2D eigenvalue weighted by Gasteiger charge is 2.33. The van der Waals surface area contributed by atoms with E-state index in [0.29, 0.717) is 5.16 Å². The molecule has 2 heterocycles. The van der Waals surface area contributed by atoms with E-state index >= 15 is 0 Å². The molecule has 0 N–H and O–H groups in total. The third-order valence-electron chi connectivity index (χ3n) is 6.01. The highest BCUT2D eigenvalue weighted by atomic mass is 32.2. The Morgan fingerprint density at radius 3 is 2.62 bits per heavy atom. The van der Waals surface area contributed by atoms with Gasteiger partial charge < -0.3 is 4.57 Å². The Balaban J connectivity index is 1.84. The number of likely N-dealkylation sites (tertiary alicyclic amines) is 1. The van der Waals surface area contributed by atoms with E-state index in [1.54, 1.807) is 0 Å². The van der Waals surface area contributed by atoms with Gasteiger partial charge in [-0.1, -0.05) is 39.5 Å². The number of rotatable bonds is 7. The van der Waals surface area contributed by atoms with Gasteiger partial charge in [0.05, 0.1) is 17.1 Å². The van der Waals surface area contributed by atoms with Gasteiger partial charge in [-0.15, -0.1) is 0 Å². The molecule has 148 valence electrons. The second kappa shape index (κ2) is 8.87. The number of unbranched alkanes of at least 4 members (excludes halogenated alkanes) is 1. The normalized spacial score (nSPS) is 23.4. The van der Waals surface area contributed by atoms with E-state index < -0.39 is 9.84 Å². The molecular formula is C20H35N3O2S. The van der Waals surface area contributed by atoms with Crippen LogP contribution in [0.5, 0.6) is 0 Å². The smallest absolute Gasteiger partial charge is 0.228 e. The first-order chi connectivity index (χ1) is 12.5. The van der Waals surface area contributed by atoms with Crippen LogP contribution in [0.4, 0.5) is 0 Å². The maximum atomic E-state index is 13.2. The van der Waals surface area contributed by atoms with Crippen LogP contribution in [-0.2, 0) is 22.9 Å². The van der Waals surface area contributed by atoms with Gasteiger partial charge in [-0.25, -0.2) is 13.4 Å². The number of sulfone groups is 1. The number of hydrogen-bond acceptors (Lipinski definition) is 4. The minimum absolute atomic E-state index is 0.234. The molecule has 0 spiro atoms. The van der Waals surface area contributed by atoms with Gasteiger partial charge in [-0.05, 0) is 44.6 Å². The van der Waals surface area contributed by atoms with Gasteiger partial charge in [-0.3, -0.25) is 4.90 Å². The molecule has 1 unspecified atom stereocenters. The van der Waals surface area contributed by atoms with Gasteiger partial charge in [0, 0.05) is 19.6 Å². The molecule has 1 saturated heterocycles. The van der Waals surface area contributed by atoms with E-state index in [9.17, 15) is 8.42 Å². The molecule has 1 aromatic rings. The molecular weight excluding hydrogens is 346 g/mol. The van der Waals surface area contributed by atoms with Crippen molar-refractivity contribution < 1.29 is 8.42 Å². The fourth-order valence-corrected chi connectivity index (χ4v) is 6.45. The molecule has 26 heavy (non-hydrogen) atoms. The van der Waals surface area contributed by atoms with E-state index in [1.165, 1.54) is 12.8 Å². The van der Waals surface area contributed by atoms with Crippen LogP contribution in [0.15, 0.2) is 11.4 Å². The largest absolute Gasteiger partial charge is 0.318 e. The Morgan fingerprint density at radius 1 is 1.15 bits per heavy atom. The van der Waals surface area contributed by atoms with Gasteiger partial charge in [0.1, 0.15) is 0 Å². The van der Waals surface area contributed by atoms with E-state index in [0.717, 1.165) is 82.7 Å². The minimum atomic E-state index is -3.32. The number of nitrogens with zero attached hydrogens (tertiary/aromatic N) is 3. The molecule has 0 amide bonds. The third kappa shape index (κ3) is 4.50. The van der Waals surface area contributed by atoms with E-state index in [-0.39, 0.29) is 5.25 Å². The molecule has 0 aromatic carbocycles. The molecule has 0 bridgehead atoms. The molecule has 6 heteroatoms. The molecule has 1 aliphatic carbocycles. The summed E-state index contributed by atoms with van der Waals surface area (Å²) in [5.41, 5.74) is 1.07. The summed E-state index contributed by atoms with van der Waals surface area (Å²) < 4.78 is 28.5. The average Bonchev–Trinajstić information content (AvgIpc) is 3.04. The van der Waals surface area contributed by atoms with Crippen molar-refractivity contribution in [2.45, 2.75) is 95.1 Å². The van der Waals surface area contributed by atoms with Crippen LogP contribution < -0.4 is 0 Å². The van der Waals surface area contributed by atoms with Gasteiger partial charge in [-0.2, -0.15) is 0 Å². The van der Waals surface area contributed by atoms with Crippen molar-refractivity contribution in [2.24, 2.45) is 5.92 Å². The highest BCUT2D eigenvalue weighted by molar-refractivity contribution is 7.91. The average molecular weight is 382 g/mol. The van der Waals surface area contributed by atoms with Crippen molar-refractivity contribution in [3.05, 3.63) is 11.9 Å². The molecule has 1 saturated carbocycles. The maximum absolute atomic E-state index is 13.2. The maximum Gasteiger partial charge on any atom is 0.228 e. The van der Waals surface area contributed by atoms with Gasteiger partial charge in [0.2, 0.25) is 15.0 Å². The predicted molar refractivity (Wildman–Crippen MR) is 105 cm³/mol. The first-order valence-corrected chi connectivity index (χ1v) is 12.1. The van der Waals surface area contributed by atoms with Crippen LogP contribution in [0.25, 0.3) is 0 Å². The van der Waals surface area contributed by atoms with Crippen LogP contribution in [0.1, 0.15) is 77.3 Å². The Kier molecular flexibility index (Phi) is 6.78. The van der Waals surface area contributed by atoms with Crippen LogP contribution in [0.3, 0.4) is 0 Å². The molecule has 1 aliphatic heterocycles. The lowest BCUT2D eigenvalue weighted by atomic mass is 10.0. The van der Waals surface area contributed by atoms with Gasteiger partial charge in [0.15, 0.2) is 0 Å². The SMILES string of the molecule is CCCCn1c(CN2CCCC(C)C2)cnc1S(=O)(=O)C1CCCCC1. The summed E-state index contributed by atoms with van der Waals surface area (Å²) in [5.74, 6) is 0.723. The van der Waals surface area contributed by atoms with Crippen molar-refractivity contribution in [1.29, 1.82) is 0 Å². The topological polar surface area (TPSA) is 55.2 Å². The van der Waals surface area contributed by atoms with E-state index in [2.05, 4.69) is 23.7 Å². The molecule has 5 nitrogen and oxygen atoms in total. The summed E-state index contributed by atoms with van der Waals surface area (Å²) in [6.45, 7) is 8.24. The van der Waals surface area contributed by atoms with Gasteiger partial charge in [0.25, 0.3) is 0 Å². The van der Waals surface area contributed by atoms with Crippen LogP contribution in [0, 0.1) is 5.92 Å².